The Hall–Kier alpha value is -1.47. The number of nitrogens with zero attached hydrogens (tertiary/aromatic N) is 1. The van der Waals surface area contributed by atoms with Gasteiger partial charge in [0.05, 0.1) is 7.11 Å². The number of hydrogen-bond acceptors (Lipinski definition) is 4. The van der Waals surface area contributed by atoms with Crippen molar-refractivity contribution < 1.29 is 9.53 Å². The molecule has 3 nitrogen and oxygen atoms in total. The molecule has 0 amide bonds. The van der Waals surface area contributed by atoms with Crippen LogP contribution in [0.4, 0.5) is 0 Å². The number of carbonyl (C=O) groups excluding carboxylic acids is 1. The topological polar surface area (TPSA) is 50.1 Å². The van der Waals surface area contributed by atoms with Gasteiger partial charge in [-0.25, -0.2) is 0 Å². The summed E-state index contributed by atoms with van der Waals surface area (Å²) in [5.74, 6) is 1.25. The lowest BCUT2D eigenvalue weighted by molar-refractivity contribution is 0.101. The number of methoxy groups -OCH3 is 1. The summed E-state index contributed by atoms with van der Waals surface area (Å²) in [6.45, 7) is 1.52. The molecule has 0 atom stereocenters. The van der Waals surface area contributed by atoms with Gasteiger partial charge in [-0.1, -0.05) is 0 Å². The maximum atomic E-state index is 11.2. The number of rotatable bonds is 4. The fraction of sp³-hybridized carbons (Fsp3) is 0.273. The minimum Gasteiger partial charge on any atom is -0.496 e. The Balaban J connectivity index is 3.03. The zero-order chi connectivity index (χ0) is 11.3. The van der Waals surface area contributed by atoms with Crippen LogP contribution in [0.25, 0.3) is 0 Å². The van der Waals surface area contributed by atoms with E-state index in [0.717, 1.165) is 17.3 Å². The van der Waals surface area contributed by atoms with Crippen molar-refractivity contribution in [1.82, 2.24) is 0 Å². The van der Waals surface area contributed by atoms with Gasteiger partial charge in [0.15, 0.2) is 5.78 Å². The van der Waals surface area contributed by atoms with Gasteiger partial charge in [-0.2, -0.15) is 5.26 Å². The van der Waals surface area contributed by atoms with Crippen LogP contribution in [0.2, 0.25) is 0 Å². The average molecular weight is 221 g/mol. The average Bonchev–Trinajstić information content (AvgIpc) is 2.25. The summed E-state index contributed by atoms with van der Waals surface area (Å²) in [5, 5.41) is 10.5. The minimum absolute atomic E-state index is 0.0147. The van der Waals surface area contributed by atoms with E-state index in [0.29, 0.717) is 17.1 Å². The van der Waals surface area contributed by atoms with E-state index in [1.54, 1.807) is 25.3 Å². The van der Waals surface area contributed by atoms with Crippen molar-refractivity contribution in [2.24, 2.45) is 0 Å². The number of ether oxygens (including phenoxy) is 1. The Morgan fingerprint density at radius 3 is 2.87 bits per heavy atom. The van der Waals surface area contributed by atoms with Gasteiger partial charge in [-0.05, 0) is 36.9 Å². The van der Waals surface area contributed by atoms with Crippen LogP contribution in [0.15, 0.2) is 18.2 Å². The summed E-state index contributed by atoms with van der Waals surface area (Å²) < 4.78 is 5.14. The second kappa shape index (κ2) is 5.42. The molecule has 1 aromatic carbocycles. The SMILES string of the molecule is COc1ccc(C(C)=O)cc1CSC#N. The molecule has 78 valence electrons. The van der Waals surface area contributed by atoms with Gasteiger partial charge in [0.25, 0.3) is 0 Å². The zero-order valence-corrected chi connectivity index (χ0v) is 9.43. The predicted molar refractivity (Wildman–Crippen MR) is 59.9 cm³/mol. The highest BCUT2D eigenvalue weighted by atomic mass is 32.2. The first-order valence-electron chi connectivity index (χ1n) is 4.37. The van der Waals surface area contributed by atoms with Crippen molar-refractivity contribution in [2.45, 2.75) is 12.7 Å². The molecule has 0 aromatic heterocycles. The standard InChI is InChI=1S/C11H11NO2S/c1-8(13)9-3-4-11(14-2)10(5-9)6-15-7-12/h3-5H,6H2,1-2H3. The highest BCUT2D eigenvalue weighted by Crippen LogP contribution is 2.24. The first-order valence-corrected chi connectivity index (χ1v) is 5.36. The molecular weight excluding hydrogens is 210 g/mol. The lowest BCUT2D eigenvalue weighted by Crippen LogP contribution is -1.96. The fourth-order valence-corrected chi connectivity index (χ4v) is 1.67. The van der Waals surface area contributed by atoms with Gasteiger partial charge < -0.3 is 4.74 Å². The molecule has 0 N–H and O–H groups in total. The van der Waals surface area contributed by atoms with Gasteiger partial charge >= 0.3 is 0 Å². The van der Waals surface area contributed by atoms with E-state index in [9.17, 15) is 4.79 Å². The van der Waals surface area contributed by atoms with Crippen LogP contribution in [-0.2, 0) is 5.75 Å². The normalized spacial score (nSPS) is 9.40. The molecule has 15 heavy (non-hydrogen) atoms. The second-order valence-corrected chi connectivity index (χ2v) is 3.72. The van der Waals surface area contributed by atoms with Crippen LogP contribution in [0.3, 0.4) is 0 Å². The van der Waals surface area contributed by atoms with E-state index in [2.05, 4.69) is 0 Å². The summed E-state index contributed by atoms with van der Waals surface area (Å²) in [4.78, 5) is 11.2. The van der Waals surface area contributed by atoms with E-state index < -0.39 is 0 Å². The molecule has 0 fully saturated rings. The van der Waals surface area contributed by atoms with E-state index in [1.165, 1.54) is 6.92 Å². The molecule has 0 bridgehead atoms. The summed E-state index contributed by atoms with van der Waals surface area (Å²) in [5.41, 5.74) is 1.51. The molecule has 0 unspecified atom stereocenters. The third kappa shape index (κ3) is 3.00. The second-order valence-electron chi connectivity index (χ2n) is 2.96. The van der Waals surface area contributed by atoms with E-state index in [4.69, 9.17) is 10.00 Å². The molecule has 0 aliphatic rings. The molecule has 1 rings (SSSR count). The Bertz CT molecular complexity index is 410. The first kappa shape index (κ1) is 11.6. The number of hydrogen-bond donors (Lipinski definition) is 0. The van der Waals surface area contributed by atoms with Gasteiger partial charge in [0.1, 0.15) is 11.2 Å². The molecule has 0 aliphatic carbocycles. The molecule has 1 aromatic rings. The van der Waals surface area contributed by atoms with Crippen LogP contribution in [-0.4, -0.2) is 12.9 Å². The fourth-order valence-electron chi connectivity index (χ4n) is 1.22. The number of thiocyanates is 1. The summed E-state index contributed by atoms with van der Waals surface area (Å²) in [7, 11) is 1.57. The largest absolute Gasteiger partial charge is 0.496 e. The third-order valence-corrected chi connectivity index (χ3v) is 2.56. The van der Waals surface area contributed by atoms with Crippen molar-refractivity contribution in [3.8, 4) is 11.2 Å². The molecule has 0 spiro atoms. The Morgan fingerprint density at radius 2 is 2.33 bits per heavy atom. The number of nitriles is 1. The van der Waals surface area contributed by atoms with Crippen LogP contribution in [0.1, 0.15) is 22.8 Å². The number of carbonyl (C=O) groups is 1. The maximum absolute atomic E-state index is 11.2. The number of ketones is 1. The molecule has 0 radical (unpaired) electrons. The molecular formula is C11H11NO2S. The predicted octanol–water partition coefficient (Wildman–Crippen LogP) is 2.61. The smallest absolute Gasteiger partial charge is 0.159 e. The molecule has 0 heterocycles. The number of Topliss-reactive ketones (excluding diaryl/α,β-unsaturated/α-hetero) is 1. The Morgan fingerprint density at radius 1 is 1.60 bits per heavy atom. The lowest BCUT2D eigenvalue weighted by atomic mass is 10.1. The van der Waals surface area contributed by atoms with Crippen LogP contribution in [0, 0.1) is 10.7 Å². The molecule has 0 saturated heterocycles. The van der Waals surface area contributed by atoms with Crippen LogP contribution in [0.5, 0.6) is 5.75 Å². The number of thioether (sulfide) groups is 1. The van der Waals surface area contributed by atoms with Gasteiger partial charge in [0.2, 0.25) is 0 Å². The molecule has 4 heteroatoms. The van der Waals surface area contributed by atoms with E-state index in [-0.39, 0.29) is 5.78 Å². The zero-order valence-electron chi connectivity index (χ0n) is 8.61. The van der Waals surface area contributed by atoms with Gasteiger partial charge in [0, 0.05) is 16.9 Å². The van der Waals surface area contributed by atoms with Gasteiger partial charge in [-0.3, -0.25) is 4.79 Å². The van der Waals surface area contributed by atoms with Crippen molar-refractivity contribution in [2.75, 3.05) is 7.11 Å². The van der Waals surface area contributed by atoms with E-state index in [1.807, 2.05) is 5.40 Å². The highest BCUT2D eigenvalue weighted by Gasteiger charge is 2.06. The maximum Gasteiger partial charge on any atom is 0.159 e. The Labute approximate surface area is 93.0 Å². The van der Waals surface area contributed by atoms with Crippen molar-refractivity contribution in [3.63, 3.8) is 0 Å². The highest BCUT2D eigenvalue weighted by molar-refractivity contribution is 8.02. The Kier molecular flexibility index (Phi) is 4.19. The lowest BCUT2D eigenvalue weighted by Gasteiger charge is -2.07. The van der Waals surface area contributed by atoms with E-state index >= 15 is 0 Å². The van der Waals surface area contributed by atoms with Crippen molar-refractivity contribution in [1.29, 1.82) is 5.26 Å². The quantitative estimate of drug-likeness (QED) is 0.579. The summed E-state index contributed by atoms with van der Waals surface area (Å²) in [6.07, 6.45) is 0. The van der Waals surface area contributed by atoms with Gasteiger partial charge in [-0.15, -0.1) is 0 Å². The van der Waals surface area contributed by atoms with Crippen molar-refractivity contribution in [3.05, 3.63) is 29.3 Å². The van der Waals surface area contributed by atoms with Crippen LogP contribution < -0.4 is 4.74 Å². The monoisotopic (exact) mass is 221 g/mol. The first-order chi connectivity index (χ1) is 7.19. The minimum atomic E-state index is 0.0147. The summed E-state index contributed by atoms with van der Waals surface area (Å²) >= 11 is 1.13. The van der Waals surface area contributed by atoms with Crippen LogP contribution >= 0.6 is 11.8 Å². The molecule has 0 saturated carbocycles. The third-order valence-electron chi connectivity index (χ3n) is 1.98. The molecule has 0 aliphatic heterocycles. The van der Waals surface area contributed by atoms with Crippen molar-refractivity contribution >= 4 is 17.5 Å². The number of benzene rings is 1. The summed E-state index contributed by atoms with van der Waals surface area (Å²) in [6, 6.07) is 5.25.